The number of phenolic OH excluding ortho intramolecular Hbond substituents is 1. The Kier molecular flexibility index (Phi) is 5.40. The molecule has 0 fully saturated rings. The zero-order chi connectivity index (χ0) is 19.7. The second-order valence-electron chi connectivity index (χ2n) is 6.57. The van der Waals surface area contributed by atoms with Crippen LogP contribution in [0.3, 0.4) is 0 Å². The molecule has 0 radical (unpaired) electrons. The van der Waals surface area contributed by atoms with Gasteiger partial charge in [-0.1, -0.05) is 51.8 Å². The van der Waals surface area contributed by atoms with Crippen LogP contribution in [0.1, 0.15) is 28.9 Å². The summed E-state index contributed by atoms with van der Waals surface area (Å²) in [5, 5.41) is 17.9. The van der Waals surface area contributed by atoms with E-state index in [2.05, 4.69) is 26.6 Å². The van der Waals surface area contributed by atoms with Gasteiger partial charge in [-0.15, -0.1) is 0 Å². The minimum atomic E-state index is -0.338. The van der Waals surface area contributed by atoms with Gasteiger partial charge in [-0.2, -0.15) is 0 Å². The Morgan fingerprint density at radius 2 is 1.79 bits per heavy atom. The molecular weight excluding hydrogens is 443 g/mol. The highest BCUT2D eigenvalue weighted by molar-refractivity contribution is 9.10. The summed E-state index contributed by atoms with van der Waals surface area (Å²) >= 11 is 9.48. The molecule has 3 aromatic rings. The molecule has 2 unspecified atom stereocenters. The van der Waals surface area contributed by atoms with Crippen LogP contribution in [-0.2, 0) is 0 Å². The Labute approximate surface area is 176 Å². The molecule has 3 aromatic carbocycles. The molecule has 3 nitrogen and oxygen atoms in total. The Morgan fingerprint density at radius 1 is 1.00 bits per heavy atom. The highest BCUT2D eigenvalue weighted by Gasteiger charge is 2.26. The third-order valence-corrected chi connectivity index (χ3v) is 5.39. The number of aromatic hydroxyl groups is 1. The molecule has 0 amide bonds. The van der Waals surface area contributed by atoms with Gasteiger partial charge in [0.2, 0.25) is 0 Å². The number of rotatable bonds is 3. The SMILES string of the molecule is Oc1ccc(Br)cc1C1C=C(c2ccc(Cl)cc2)NC(c2cccc(F)c2)N1. The standard InChI is InChI=1S/C22H17BrClFN2O/c23-15-6-9-21(28)18(11-15)20-12-19(13-4-7-16(24)8-5-13)26-22(27-20)14-2-1-3-17(25)10-14/h1-12,20,22,26-28H. The third-order valence-electron chi connectivity index (χ3n) is 4.64. The molecule has 28 heavy (non-hydrogen) atoms. The van der Waals surface area contributed by atoms with Crippen LogP contribution in [0.25, 0.3) is 5.70 Å². The zero-order valence-corrected chi connectivity index (χ0v) is 17.0. The van der Waals surface area contributed by atoms with Gasteiger partial charge in [-0.3, -0.25) is 5.32 Å². The molecule has 0 aromatic heterocycles. The summed E-state index contributed by atoms with van der Waals surface area (Å²) in [7, 11) is 0. The fraction of sp³-hybridized carbons (Fsp3) is 0.0909. The lowest BCUT2D eigenvalue weighted by Crippen LogP contribution is -2.39. The van der Waals surface area contributed by atoms with E-state index < -0.39 is 0 Å². The van der Waals surface area contributed by atoms with Crippen molar-refractivity contribution in [3.63, 3.8) is 0 Å². The van der Waals surface area contributed by atoms with E-state index in [1.807, 2.05) is 42.5 Å². The van der Waals surface area contributed by atoms with Gasteiger partial charge in [-0.05, 0) is 59.7 Å². The van der Waals surface area contributed by atoms with Gasteiger partial charge in [0.15, 0.2) is 0 Å². The molecule has 142 valence electrons. The van der Waals surface area contributed by atoms with Crippen molar-refractivity contribution >= 4 is 33.2 Å². The number of benzene rings is 3. The van der Waals surface area contributed by atoms with Gasteiger partial charge in [0, 0.05) is 20.8 Å². The van der Waals surface area contributed by atoms with Gasteiger partial charge in [0.05, 0.1) is 6.04 Å². The van der Waals surface area contributed by atoms with Crippen molar-refractivity contribution in [2.45, 2.75) is 12.2 Å². The van der Waals surface area contributed by atoms with E-state index in [4.69, 9.17) is 11.6 Å². The number of nitrogens with one attached hydrogen (secondary N) is 2. The van der Waals surface area contributed by atoms with Gasteiger partial charge in [-0.25, -0.2) is 4.39 Å². The normalized spacial score (nSPS) is 19.0. The van der Waals surface area contributed by atoms with Crippen LogP contribution in [0.5, 0.6) is 5.75 Å². The number of phenols is 1. The van der Waals surface area contributed by atoms with E-state index in [0.717, 1.165) is 26.9 Å². The van der Waals surface area contributed by atoms with Crippen molar-refractivity contribution in [2.75, 3.05) is 0 Å². The topological polar surface area (TPSA) is 44.3 Å². The Bertz CT molecular complexity index is 1040. The molecule has 1 aliphatic heterocycles. The summed E-state index contributed by atoms with van der Waals surface area (Å²) in [6.07, 6.45) is 1.66. The Balaban J connectivity index is 1.78. The van der Waals surface area contributed by atoms with E-state index in [1.54, 1.807) is 18.2 Å². The van der Waals surface area contributed by atoms with Crippen LogP contribution in [0.4, 0.5) is 4.39 Å². The predicted octanol–water partition coefficient (Wildman–Crippen LogP) is 5.92. The minimum absolute atomic E-state index is 0.187. The summed E-state index contributed by atoms with van der Waals surface area (Å²) in [6.45, 7) is 0. The van der Waals surface area contributed by atoms with Crippen molar-refractivity contribution in [2.24, 2.45) is 0 Å². The summed E-state index contributed by atoms with van der Waals surface area (Å²) in [4.78, 5) is 0. The summed E-state index contributed by atoms with van der Waals surface area (Å²) < 4.78 is 14.7. The van der Waals surface area contributed by atoms with Crippen molar-refractivity contribution in [1.29, 1.82) is 0 Å². The molecule has 0 aliphatic carbocycles. The minimum Gasteiger partial charge on any atom is -0.508 e. The van der Waals surface area contributed by atoms with Crippen LogP contribution in [0, 0.1) is 5.82 Å². The summed E-state index contributed by atoms with van der Waals surface area (Å²) in [6, 6.07) is 19.0. The molecule has 0 spiro atoms. The first-order chi connectivity index (χ1) is 13.5. The van der Waals surface area contributed by atoms with Crippen molar-refractivity contribution in [3.05, 3.63) is 105 Å². The first-order valence-electron chi connectivity index (χ1n) is 8.74. The van der Waals surface area contributed by atoms with E-state index in [9.17, 15) is 9.50 Å². The molecular formula is C22H17BrClFN2O. The average Bonchev–Trinajstić information content (AvgIpc) is 2.70. The lowest BCUT2D eigenvalue weighted by molar-refractivity contribution is 0.417. The Hall–Kier alpha value is -2.34. The second kappa shape index (κ2) is 7.95. The maximum Gasteiger partial charge on any atom is 0.123 e. The van der Waals surface area contributed by atoms with Crippen LogP contribution in [0.15, 0.2) is 77.3 Å². The van der Waals surface area contributed by atoms with Crippen molar-refractivity contribution in [3.8, 4) is 5.75 Å². The Morgan fingerprint density at radius 3 is 2.54 bits per heavy atom. The van der Waals surface area contributed by atoms with E-state index in [0.29, 0.717) is 5.02 Å². The van der Waals surface area contributed by atoms with Gasteiger partial charge in [0.25, 0.3) is 0 Å². The number of hydrogen-bond acceptors (Lipinski definition) is 3. The quantitative estimate of drug-likeness (QED) is 0.455. The fourth-order valence-corrected chi connectivity index (χ4v) is 3.77. The number of halogens is 3. The third kappa shape index (κ3) is 4.07. The predicted molar refractivity (Wildman–Crippen MR) is 113 cm³/mol. The molecule has 0 bridgehead atoms. The van der Waals surface area contributed by atoms with E-state index >= 15 is 0 Å². The van der Waals surface area contributed by atoms with Crippen molar-refractivity contribution in [1.82, 2.24) is 10.6 Å². The van der Waals surface area contributed by atoms with Gasteiger partial charge in [0.1, 0.15) is 17.7 Å². The monoisotopic (exact) mass is 458 g/mol. The van der Waals surface area contributed by atoms with E-state index in [-0.39, 0.29) is 23.8 Å². The summed E-state index contributed by atoms with van der Waals surface area (Å²) in [5.74, 6) is -0.113. The lowest BCUT2D eigenvalue weighted by Gasteiger charge is -2.33. The average molecular weight is 460 g/mol. The molecule has 6 heteroatoms. The molecule has 3 N–H and O–H groups in total. The zero-order valence-electron chi connectivity index (χ0n) is 14.7. The second-order valence-corrected chi connectivity index (χ2v) is 7.92. The molecule has 1 aliphatic rings. The molecule has 1 heterocycles. The first-order valence-corrected chi connectivity index (χ1v) is 9.91. The van der Waals surface area contributed by atoms with Crippen LogP contribution >= 0.6 is 27.5 Å². The van der Waals surface area contributed by atoms with Crippen LogP contribution < -0.4 is 10.6 Å². The number of hydrogen-bond donors (Lipinski definition) is 3. The largest absolute Gasteiger partial charge is 0.508 e. The highest BCUT2D eigenvalue weighted by atomic mass is 79.9. The molecule has 4 rings (SSSR count). The lowest BCUT2D eigenvalue weighted by atomic mass is 9.98. The van der Waals surface area contributed by atoms with Crippen molar-refractivity contribution < 1.29 is 9.50 Å². The first kappa shape index (κ1) is 19.0. The van der Waals surface area contributed by atoms with Gasteiger partial charge < -0.3 is 10.4 Å². The fourth-order valence-electron chi connectivity index (χ4n) is 3.27. The molecule has 2 atom stereocenters. The smallest absolute Gasteiger partial charge is 0.123 e. The van der Waals surface area contributed by atoms with Gasteiger partial charge >= 0.3 is 0 Å². The van der Waals surface area contributed by atoms with Crippen LogP contribution in [-0.4, -0.2) is 5.11 Å². The highest BCUT2D eigenvalue weighted by Crippen LogP contribution is 2.35. The maximum absolute atomic E-state index is 13.8. The van der Waals surface area contributed by atoms with E-state index in [1.165, 1.54) is 12.1 Å². The molecule has 0 saturated carbocycles. The maximum atomic E-state index is 13.8. The summed E-state index contributed by atoms with van der Waals surface area (Å²) in [5.41, 5.74) is 3.31. The molecule has 0 saturated heterocycles. The van der Waals surface area contributed by atoms with Crippen LogP contribution in [0.2, 0.25) is 5.02 Å².